The van der Waals surface area contributed by atoms with Gasteiger partial charge in [-0.2, -0.15) is 9.40 Å². The summed E-state index contributed by atoms with van der Waals surface area (Å²) in [7, 11) is -3.57. The molecule has 2 rings (SSSR count). The smallest absolute Gasteiger partial charge is 0.306 e. The summed E-state index contributed by atoms with van der Waals surface area (Å²) in [5, 5.41) is 13.0. The second-order valence-corrected chi connectivity index (χ2v) is 7.20. The third-order valence-corrected chi connectivity index (χ3v) is 5.40. The van der Waals surface area contributed by atoms with E-state index in [1.54, 1.807) is 4.68 Å². The zero-order valence-electron chi connectivity index (χ0n) is 11.6. The van der Waals surface area contributed by atoms with Gasteiger partial charge in [-0.3, -0.25) is 9.48 Å². The summed E-state index contributed by atoms with van der Waals surface area (Å²) in [5.74, 6) is -1.30. The summed E-state index contributed by atoms with van der Waals surface area (Å²) in [4.78, 5) is 11.0. The van der Waals surface area contributed by atoms with Crippen molar-refractivity contribution in [3.8, 4) is 0 Å². The van der Waals surface area contributed by atoms with Gasteiger partial charge in [0.25, 0.3) is 0 Å². The first-order chi connectivity index (χ1) is 9.32. The molecule has 0 spiro atoms. The third-order valence-electron chi connectivity index (χ3n) is 3.55. The van der Waals surface area contributed by atoms with Gasteiger partial charge in [0.2, 0.25) is 10.0 Å². The number of sulfonamides is 1. The molecule has 1 aliphatic heterocycles. The maximum Gasteiger partial charge on any atom is 0.306 e. The largest absolute Gasteiger partial charge is 0.481 e. The Labute approximate surface area is 118 Å². The molecule has 0 unspecified atom stereocenters. The van der Waals surface area contributed by atoms with E-state index in [2.05, 4.69) is 5.10 Å². The van der Waals surface area contributed by atoms with E-state index in [1.165, 1.54) is 16.7 Å². The lowest BCUT2D eigenvalue weighted by Gasteiger charge is -2.28. The van der Waals surface area contributed by atoms with Crippen LogP contribution in [-0.2, 0) is 14.8 Å². The Bertz CT molecular complexity index is 586. The van der Waals surface area contributed by atoms with Crippen LogP contribution in [0.4, 0.5) is 0 Å². The predicted octanol–water partition coefficient (Wildman–Crippen LogP) is 0.949. The fraction of sp³-hybridized carbons (Fsp3) is 0.667. The highest BCUT2D eigenvalue weighted by atomic mass is 32.2. The summed E-state index contributed by atoms with van der Waals surface area (Å²) in [5.41, 5.74) is 0. The summed E-state index contributed by atoms with van der Waals surface area (Å²) in [6.07, 6.45) is 3.57. The number of aromatic nitrogens is 2. The van der Waals surface area contributed by atoms with Gasteiger partial charge >= 0.3 is 5.97 Å². The van der Waals surface area contributed by atoms with Crippen LogP contribution in [0.5, 0.6) is 0 Å². The molecular weight excluding hydrogens is 282 g/mol. The standard InChI is InChI=1S/C12H19N3O4S/c1-9(2)15-8-11(7-13-15)20(18,19)14-5-3-10(4-6-14)12(16)17/h7-10H,3-6H2,1-2H3,(H,16,17). The molecule has 20 heavy (non-hydrogen) atoms. The van der Waals surface area contributed by atoms with Gasteiger partial charge in [0.15, 0.2) is 0 Å². The highest BCUT2D eigenvalue weighted by Gasteiger charge is 2.32. The lowest BCUT2D eigenvalue weighted by atomic mass is 9.99. The number of hydrogen-bond donors (Lipinski definition) is 1. The minimum absolute atomic E-state index is 0.0942. The van der Waals surface area contributed by atoms with Crippen molar-refractivity contribution in [2.45, 2.75) is 37.6 Å². The van der Waals surface area contributed by atoms with Crippen LogP contribution in [0.25, 0.3) is 0 Å². The van der Waals surface area contributed by atoms with Crippen molar-refractivity contribution in [3.63, 3.8) is 0 Å². The second kappa shape index (κ2) is 5.53. The number of nitrogens with zero attached hydrogens (tertiary/aromatic N) is 3. The molecule has 1 fully saturated rings. The quantitative estimate of drug-likeness (QED) is 0.893. The van der Waals surface area contributed by atoms with Crippen LogP contribution >= 0.6 is 0 Å². The average molecular weight is 301 g/mol. The van der Waals surface area contributed by atoms with E-state index in [9.17, 15) is 13.2 Å². The van der Waals surface area contributed by atoms with Crippen LogP contribution < -0.4 is 0 Å². The third kappa shape index (κ3) is 2.85. The number of piperidine rings is 1. The van der Waals surface area contributed by atoms with E-state index in [1.807, 2.05) is 13.8 Å². The first kappa shape index (κ1) is 15.0. The zero-order chi connectivity index (χ0) is 14.9. The number of carboxylic acid groups (broad SMARTS) is 1. The van der Waals surface area contributed by atoms with Crippen molar-refractivity contribution in [3.05, 3.63) is 12.4 Å². The first-order valence-corrected chi connectivity index (χ1v) is 8.03. The number of hydrogen-bond acceptors (Lipinski definition) is 4. The summed E-state index contributed by atoms with van der Waals surface area (Å²) in [6, 6.07) is 0.0942. The molecule has 1 aromatic heterocycles. The lowest BCUT2D eigenvalue weighted by molar-refractivity contribution is -0.142. The van der Waals surface area contributed by atoms with Crippen molar-refractivity contribution < 1.29 is 18.3 Å². The van der Waals surface area contributed by atoms with Crippen LogP contribution in [-0.4, -0.2) is 46.7 Å². The van der Waals surface area contributed by atoms with Crippen molar-refractivity contribution in [2.75, 3.05) is 13.1 Å². The number of aliphatic carboxylic acids is 1. The molecule has 0 aliphatic carbocycles. The van der Waals surface area contributed by atoms with Crippen molar-refractivity contribution in [1.82, 2.24) is 14.1 Å². The number of carbonyl (C=O) groups is 1. The fourth-order valence-electron chi connectivity index (χ4n) is 2.23. The Kier molecular flexibility index (Phi) is 4.14. The van der Waals surface area contributed by atoms with E-state index in [4.69, 9.17) is 5.11 Å². The van der Waals surface area contributed by atoms with Crippen LogP contribution in [0.15, 0.2) is 17.3 Å². The Morgan fingerprint density at radius 2 is 2.00 bits per heavy atom. The predicted molar refractivity (Wildman–Crippen MR) is 71.7 cm³/mol. The summed E-state index contributed by atoms with van der Waals surface area (Å²) < 4.78 is 27.8. The molecule has 1 aliphatic rings. The van der Waals surface area contributed by atoms with Crippen LogP contribution in [0.2, 0.25) is 0 Å². The van der Waals surface area contributed by atoms with E-state index in [-0.39, 0.29) is 24.0 Å². The van der Waals surface area contributed by atoms with Crippen LogP contribution in [0, 0.1) is 5.92 Å². The SMILES string of the molecule is CC(C)n1cc(S(=O)(=O)N2CCC(C(=O)O)CC2)cn1. The molecule has 7 nitrogen and oxygen atoms in total. The molecule has 1 aromatic rings. The van der Waals surface area contributed by atoms with Crippen molar-refractivity contribution in [2.24, 2.45) is 5.92 Å². The first-order valence-electron chi connectivity index (χ1n) is 6.59. The van der Waals surface area contributed by atoms with Gasteiger partial charge in [-0.05, 0) is 26.7 Å². The minimum atomic E-state index is -3.57. The van der Waals surface area contributed by atoms with Gasteiger partial charge in [0.05, 0.1) is 12.1 Å². The minimum Gasteiger partial charge on any atom is -0.481 e. The van der Waals surface area contributed by atoms with Gasteiger partial charge in [-0.25, -0.2) is 8.42 Å². The van der Waals surface area contributed by atoms with Gasteiger partial charge < -0.3 is 5.11 Å². The van der Waals surface area contributed by atoms with Crippen molar-refractivity contribution in [1.29, 1.82) is 0 Å². The number of carboxylic acids is 1. The zero-order valence-corrected chi connectivity index (χ0v) is 12.4. The Balaban J connectivity index is 2.13. The number of rotatable bonds is 4. The van der Waals surface area contributed by atoms with E-state index in [0.29, 0.717) is 12.8 Å². The highest BCUT2D eigenvalue weighted by molar-refractivity contribution is 7.89. The Morgan fingerprint density at radius 1 is 1.40 bits per heavy atom. The summed E-state index contributed by atoms with van der Waals surface area (Å²) >= 11 is 0. The maximum atomic E-state index is 12.4. The average Bonchev–Trinajstić information content (AvgIpc) is 2.89. The van der Waals surface area contributed by atoms with E-state index >= 15 is 0 Å². The Hall–Kier alpha value is -1.41. The molecule has 0 bridgehead atoms. The highest BCUT2D eigenvalue weighted by Crippen LogP contribution is 2.24. The molecule has 2 heterocycles. The van der Waals surface area contributed by atoms with Gasteiger partial charge in [-0.15, -0.1) is 0 Å². The Morgan fingerprint density at radius 3 is 2.45 bits per heavy atom. The topological polar surface area (TPSA) is 92.5 Å². The molecule has 0 radical (unpaired) electrons. The molecule has 0 amide bonds. The molecule has 0 saturated carbocycles. The molecule has 112 valence electrons. The molecule has 1 N–H and O–H groups in total. The molecule has 1 saturated heterocycles. The van der Waals surface area contributed by atoms with E-state index in [0.717, 1.165) is 0 Å². The van der Waals surface area contributed by atoms with E-state index < -0.39 is 21.9 Å². The van der Waals surface area contributed by atoms with Gasteiger partial charge in [0.1, 0.15) is 4.90 Å². The molecular formula is C12H19N3O4S. The van der Waals surface area contributed by atoms with Gasteiger partial charge in [0, 0.05) is 25.3 Å². The van der Waals surface area contributed by atoms with Crippen LogP contribution in [0.3, 0.4) is 0 Å². The monoisotopic (exact) mass is 301 g/mol. The van der Waals surface area contributed by atoms with Crippen LogP contribution in [0.1, 0.15) is 32.7 Å². The summed E-state index contributed by atoms with van der Waals surface area (Å²) in [6.45, 7) is 4.32. The fourth-order valence-corrected chi connectivity index (χ4v) is 3.64. The normalized spacial score (nSPS) is 18.6. The molecule has 0 atom stereocenters. The maximum absolute atomic E-state index is 12.4. The molecule has 8 heteroatoms. The second-order valence-electron chi connectivity index (χ2n) is 5.27. The van der Waals surface area contributed by atoms with Crippen molar-refractivity contribution >= 4 is 16.0 Å². The lowest BCUT2D eigenvalue weighted by Crippen LogP contribution is -2.40. The van der Waals surface area contributed by atoms with Gasteiger partial charge in [-0.1, -0.05) is 0 Å². The molecule has 0 aromatic carbocycles.